The normalized spacial score (nSPS) is 28.7. The predicted octanol–water partition coefficient (Wildman–Crippen LogP) is 2.75. The molecule has 2 aliphatic carbocycles. The minimum atomic E-state index is -0.521. The zero-order valence-corrected chi connectivity index (χ0v) is 19.6. The van der Waals surface area contributed by atoms with Crippen LogP contribution in [0.3, 0.4) is 0 Å². The van der Waals surface area contributed by atoms with Crippen molar-refractivity contribution in [1.29, 1.82) is 0 Å². The highest BCUT2D eigenvalue weighted by Gasteiger charge is 2.66. The first-order chi connectivity index (χ1) is 16.9. The van der Waals surface area contributed by atoms with E-state index in [-0.39, 0.29) is 47.8 Å². The van der Waals surface area contributed by atoms with Crippen LogP contribution in [0, 0.1) is 11.3 Å². The van der Waals surface area contributed by atoms with Crippen LogP contribution >= 0.6 is 0 Å². The highest BCUT2D eigenvalue weighted by atomic mass is 16.3. The Morgan fingerprint density at radius 3 is 2.66 bits per heavy atom. The van der Waals surface area contributed by atoms with Gasteiger partial charge in [-0.25, -0.2) is 9.67 Å². The number of hydrogen-bond acceptors (Lipinski definition) is 6. The zero-order valence-electron chi connectivity index (χ0n) is 19.6. The van der Waals surface area contributed by atoms with E-state index in [2.05, 4.69) is 22.2 Å². The lowest BCUT2D eigenvalue weighted by Crippen LogP contribution is -2.44. The molecule has 1 amide bonds. The smallest absolute Gasteiger partial charge is 0.245 e. The molecular formula is C27H28N4O4. The number of pyridine rings is 1. The molecule has 3 heterocycles. The fourth-order valence-corrected chi connectivity index (χ4v) is 6.06. The Labute approximate surface area is 202 Å². The molecule has 1 aromatic carbocycles. The lowest BCUT2D eigenvalue weighted by Gasteiger charge is -2.27. The number of hydrogen-bond donors (Lipinski definition) is 1. The third kappa shape index (κ3) is 3.67. The van der Waals surface area contributed by atoms with Crippen LogP contribution in [-0.2, 0) is 16.1 Å². The van der Waals surface area contributed by atoms with Crippen molar-refractivity contribution in [3.05, 3.63) is 59.9 Å². The minimum Gasteiger partial charge on any atom is -0.396 e. The number of fused-ring (bicyclic) bond motifs is 2. The summed E-state index contributed by atoms with van der Waals surface area (Å²) in [6.07, 6.45) is 4.27. The molecule has 2 aromatic heterocycles. The third-order valence-electron chi connectivity index (χ3n) is 8.13. The maximum Gasteiger partial charge on any atom is 0.245 e. The summed E-state index contributed by atoms with van der Waals surface area (Å²) in [6, 6.07) is 13.1. The summed E-state index contributed by atoms with van der Waals surface area (Å²) >= 11 is 0. The van der Waals surface area contributed by atoms with Crippen molar-refractivity contribution in [3.63, 3.8) is 0 Å². The van der Waals surface area contributed by atoms with Crippen LogP contribution in [0.15, 0.2) is 48.7 Å². The number of aliphatic hydroxyl groups is 1. The molecule has 0 spiro atoms. The molecule has 8 nitrogen and oxygen atoms in total. The number of aromatic nitrogens is 3. The number of carbonyl (C=O) groups excluding carboxylic acids is 3. The van der Waals surface area contributed by atoms with Crippen molar-refractivity contribution in [2.45, 2.75) is 57.2 Å². The number of aliphatic hydroxyl groups excluding tert-OH is 1. The zero-order chi connectivity index (χ0) is 24.3. The molecule has 3 aromatic rings. The van der Waals surface area contributed by atoms with E-state index in [0.29, 0.717) is 42.1 Å². The standard InChI is InChI=1S/C27H28N4O4/c1-16(33)25-19-8-5-9-28-26(19)30(29-25)14-24(35)31-21(12-27(15-32)13-23(27)31)22(34)11-18-10-20(18)17-6-3-2-4-7-17/h2-9,18,20-21,23,32H,10-15H2,1H3/t18-,20-,21-,23+,27-/m0/s1. The topological polar surface area (TPSA) is 105 Å². The number of likely N-dealkylation sites (tertiary alicyclic amines) is 1. The number of Topliss-reactive ketones (excluding diaryl/α,β-unsaturated/α-hetero) is 2. The summed E-state index contributed by atoms with van der Waals surface area (Å²) < 4.78 is 1.46. The van der Waals surface area contributed by atoms with Crippen molar-refractivity contribution >= 4 is 28.5 Å². The van der Waals surface area contributed by atoms with Gasteiger partial charge in [-0.2, -0.15) is 5.10 Å². The Kier molecular flexibility index (Phi) is 5.11. The molecule has 6 rings (SSSR count). The Hall–Kier alpha value is -3.39. The molecule has 2 saturated carbocycles. The van der Waals surface area contributed by atoms with Crippen molar-refractivity contribution in [3.8, 4) is 0 Å². The van der Waals surface area contributed by atoms with Crippen molar-refractivity contribution in [2.24, 2.45) is 11.3 Å². The lowest BCUT2D eigenvalue weighted by atomic mass is 9.95. The number of rotatable bonds is 8. The van der Waals surface area contributed by atoms with E-state index >= 15 is 0 Å². The second-order valence-electron chi connectivity index (χ2n) is 10.4. The fraction of sp³-hybridized carbons (Fsp3) is 0.444. The minimum absolute atomic E-state index is 0.0258. The predicted molar refractivity (Wildman–Crippen MR) is 128 cm³/mol. The Bertz CT molecular complexity index is 1340. The van der Waals surface area contributed by atoms with Gasteiger partial charge in [-0.05, 0) is 48.8 Å². The summed E-state index contributed by atoms with van der Waals surface area (Å²) in [7, 11) is 0. The van der Waals surface area contributed by atoms with Crippen LogP contribution in [0.1, 0.15) is 54.6 Å². The molecule has 0 bridgehead atoms. The van der Waals surface area contributed by atoms with Crippen molar-refractivity contribution < 1.29 is 19.5 Å². The van der Waals surface area contributed by atoms with Gasteiger partial charge in [-0.15, -0.1) is 0 Å². The van der Waals surface area contributed by atoms with Gasteiger partial charge in [0, 0.05) is 31.0 Å². The van der Waals surface area contributed by atoms with Gasteiger partial charge in [0.25, 0.3) is 0 Å². The maximum atomic E-state index is 13.6. The Balaban J connectivity index is 1.21. The number of carbonyl (C=O) groups is 3. The Morgan fingerprint density at radius 2 is 1.91 bits per heavy atom. The molecule has 1 N–H and O–H groups in total. The molecule has 8 heteroatoms. The Morgan fingerprint density at radius 1 is 1.11 bits per heavy atom. The van der Waals surface area contributed by atoms with E-state index in [4.69, 9.17) is 0 Å². The quantitative estimate of drug-likeness (QED) is 0.506. The van der Waals surface area contributed by atoms with Gasteiger partial charge in [0.1, 0.15) is 12.2 Å². The molecule has 0 unspecified atom stereocenters. The molecular weight excluding hydrogens is 444 g/mol. The van der Waals surface area contributed by atoms with Gasteiger partial charge in [-0.3, -0.25) is 14.4 Å². The van der Waals surface area contributed by atoms with E-state index in [1.54, 1.807) is 23.2 Å². The number of nitrogens with zero attached hydrogens (tertiary/aromatic N) is 4. The van der Waals surface area contributed by atoms with Gasteiger partial charge in [0.05, 0.1) is 18.0 Å². The number of piperidine rings is 1. The second kappa shape index (κ2) is 8.09. The SMILES string of the molecule is CC(=O)c1nn(CC(=O)N2[C@H](C(=O)C[C@@H]3C[C@H]3c3ccccc3)C[C@@]3(CO)C[C@@H]23)c2ncccc12. The van der Waals surface area contributed by atoms with Crippen LogP contribution in [0.4, 0.5) is 0 Å². The van der Waals surface area contributed by atoms with Crippen molar-refractivity contribution in [1.82, 2.24) is 19.7 Å². The second-order valence-corrected chi connectivity index (χ2v) is 10.4. The summed E-state index contributed by atoms with van der Waals surface area (Å²) in [5.74, 6) is 0.374. The first kappa shape index (κ1) is 22.1. The molecule has 3 fully saturated rings. The van der Waals surface area contributed by atoms with E-state index in [0.717, 1.165) is 6.42 Å². The van der Waals surface area contributed by atoms with Crippen LogP contribution < -0.4 is 0 Å². The van der Waals surface area contributed by atoms with Crippen LogP contribution in [0.2, 0.25) is 0 Å². The largest absolute Gasteiger partial charge is 0.396 e. The summed E-state index contributed by atoms with van der Waals surface area (Å²) in [4.78, 5) is 45.1. The van der Waals surface area contributed by atoms with Gasteiger partial charge in [0.15, 0.2) is 17.2 Å². The first-order valence-electron chi connectivity index (χ1n) is 12.2. The van der Waals surface area contributed by atoms with E-state index in [1.807, 2.05) is 18.2 Å². The van der Waals surface area contributed by atoms with Crippen LogP contribution in [-0.4, -0.2) is 60.9 Å². The van der Waals surface area contributed by atoms with Gasteiger partial charge in [-0.1, -0.05) is 30.3 Å². The summed E-state index contributed by atoms with van der Waals surface area (Å²) in [6.45, 7) is 1.32. The van der Waals surface area contributed by atoms with Crippen LogP contribution in [0.5, 0.6) is 0 Å². The highest BCUT2D eigenvalue weighted by molar-refractivity contribution is 6.04. The average Bonchev–Trinajstić information content (AvgIpc) is 3.73. The molecule has 1 aliphatic heterocycles. The van der Waals surface area contributed by atoms with E-state index in [1.165, 1.54) is 17.2 Å². The van der Waals surface area contributed by atoms with E-state index < -0.39 is 6.04 Å². The molecule has 0 radical (unpaired) electrons. The maximum absolute atomic E-state index is 13.6. The monoisotopic (exact) mass is 472 g/mol. The third-order valence-corrected chi connectivity index (χ3v) is 8.13. The molecule has 180 valence electrons. The molecule has 1 saturated heterocycles. The molecule has 3 aliphatic rings. The van der Waals surface area contributed by atoms with Gasteiger partial charge >= 0.3 is 0 Å². The van der Waals surface area contributed by atoms with Gasteiger partial charge in [0.2, 0.25) is 5.91 Å². The lowest BCUT2D eigenvalue weighted by molar-refractivity contribution is -0.139. The highest BCUT2D eigenvalue weighted by Crippen LogP contribution is 2.60. The molecule has 5 atom stereocenters. The van der Waals surface area contributed by atoms with Crippen molar-refractivity contribution in [2.75, 3.05) is 6.61 Å². The summed E-state index contributed by atoms with van der Waals surface area (Å²) in [5, 5.41) is 15.0. The number of ketones is 2. The summed E-state index contributed by atoms with van der Waals surface area (Å²) in [5.41, 5.74) is 1.65. The number of amides is 1. The molecule has 35 heavy (non-hydrogen) atoms. The van der Waals surface area contributed by atoms with Gasteiger partial charge < -0.3 is 10.0 Å². The fourth-order valence-electron chi connectivity index (χ4n) is 6.06. The average molecular weight is 473 g/mol. The van der Waals surface area contributed by atoms with E-state index in [9.17, 15) is 19.5 Å². The first-order valence-corrected chi connectivity index (χ1v) is 12.2. The van der Waals surface area contributed by atoms with Crippen LogP contribution in [0.25, 0.3) is 11.0 Å². The number of benzene rings is 1.